The Labute approximate surface area is 195 Å². The van der Waals surface area contributed by atoms with E-state index in [0.29, 0.717) is 23.8 Å². The Hall–Kier alpha value is -3.03. The van der Waals surface area contributed by atoms with E-state index in [1.165, 1.54) is 0 Å². The number of aliphatic carboxylic acids is 1. The van der Waals surface area contributed by atoms with E-state index < -0.39 is 12.0 Å². The summed E-state index contributed by atoms with van der Waals surface area (Å²) in [6.45, 7) is 6.23. The van der Waals surface area contributed by atoms with Crippen LogP contribution in [0.5, 0.6) is 11.5 Å². The summed E-state index contributed by atoms with van der Waals surface area (Å²) in [6.07, 6.45) is 3.50. The van der Waals surface area contributed by atoms with Gasteiger partial charge >= 0.3 is 5.97 Å². The van der Waals surface area contributed by atoms with E-state index in [1.807, 2.05) is 36.7 Å². The topological polar surface area (TPSA) is 103 Å². The van der Waals surface area contributed by atoms with Gasteiger partial charge in [0.1, 0.15) is 11.5 Å². The van der Waals surface area contributed by atoms with Gasteiger partial charge in [-0.15, -0.1) is 0 Å². The lowest BCUT2D eigenvalue weighted by Gasteiger charge is -2.18. The number of rotatable bonds is 10. The number of hydrogen-bond acceptors (Lipinski definition) is 5. The first kappa shape index (κ1) is 24.6. The Morgan fingerprint density at radius 2 is 1.88 bits per heavy atom. The number of hydrogen-bond donors (Lipinski definition) is 2. The maximum atomic E-state index is 13.2. The zero-order valence-corrected chi connectivity index (χ0v) is 20.1. The molecule has 1 aliphatic rings. The van der Waals surface area contributed by atoms with Crippen LogP contribution in [0, 0.1) is 11.8 Å². The smallest absolute Gasteiger partial charge is 0.305 e. The van der Waals surface area contributed by atoms with E-state index in [9.17, 15) is 14.7 Å². The average molecular weight is 458 g/mol. The molecule has 0 aliphatic heterocycles. The molecule has 2 N–H and O–H groups in total. The molecule has 1 saturated carbocycles. The lowest BCUT2D eigenvalue weighted by Crippen LogP contribution is -2.37. The van der Waals surface area contributed by atoms with Crippen LogP contribution in [0.15, 0.2) is 24.3 Å². The number of methoxy groups -OCH3 is 2. The highest BCUT2D eigenvalue weighted by Crippen LogP contribution is 2.42. The molecule has 180 valence electrons. The number of nitrogens with zero attached hydrogens (tertiary/aromatic N) is 2. The lowest BCUT2D eigenvalue weighted by molar-refractivity contribution is -0.137. The van der Waals surface area contributed by atoms with E-state index in [1.54, 1.807) is 20.3 Å². The summed E-state index contributed by atoms with van der Waals surface area (Å²) in [6, 6.07) is 7.03. The first-order valence-electron chi connectivity index (χ1n) is 11.6. The fraction of sp³-hybridized carbons (Fsp3) is 0.560. The molecule has 0 bridgehead atoms. The molecular weight excluding hydrogens is 422 g/mol. The molecule has 1 aliphatic carbocycles. The molecule has 2 aromatic rings. The van der Waals surface area contributed by atoms with Crippen LogP contribution in [-0.2, 0) is 4.79 Å². The fourth-order valence-corrected chi connectivity index (χ4v) is 4.71. The predicted octanol–water partition coefficient (Wildman–Crippen LogP) is 4.55. The monoisotopic (exact) mass is 457 g/mol. The molecule has 1 heterocycles. The zero-order valence-electron chi connectivity index (χ0n) is 20.1. The van der Waals surface area contributed by atoms with Gasteiger partial charge in [0.25, 0.3) is 5.91 Å². The molecule has 1 fully saturated rings. The van der Waals surface area contributed by atoms with Crippen LogP contribution in [-0.4, -0.2) is 47.0 Å². The maximum absolute atomic E-state index is 13.2. The third-order valence-corrected chi connectivity index (χ3v) is 6.18. The molecule has 1 aromatic heterocycles. The van der Waals surface area contributed by atoms with E-state index in [-0.39, 0.29) is 30.0 Å². The average Bonchev–Trinajstić information content (AvgIpc) is 3.38. The molecule has 0 spiro atoms. The summed E-state index contributed by atoms with van der Waals surface area (Å²) >= 11 is 0. The van der Waals surface area contributed by atoms with Crippen molar-refractivity contribution in [3.63, 3.8) is 0 Å². The Morgan fingerprint density at radius 3 is 2.39 bits per heavy atom. The lowest BCUT2D eigenvalue weighted by atomic mass is 10.0. The van der Waals surface area contributed by atoms with E-state index >= 15 is 0 Å². The van der Waals surface area contributed by atoms with Gasteiger partial charge < -0.3 is 19.9 Å². The highest BCUT2D eigenvalue weighted by molar-refractivity contribution is 5.94. The van der Waals surface area contributed by atoms with Crippen molar-refractivity contribution in [2.45, 2.75) is 65.0 Å². The number of amides is 1. The SMILES string of the molecule is COc1cccc(OC)c1-c1cc(C(=O)N[C@H](CC(=O)O)CC(C)C)nn1C1CCC(C)C1. The number of nitrogens with one attached hydrogen (secondary N) is 1. The largest absolute Gasteiger partial charge is 0.496 e. The van der Waals surface area contributed by atoms with Gasteiger partial charge in [-0.3, -0.25) is 14.3 Å². The molecule has 3 atom stereocenters. The zero-order chi connectivity index (χ0) is 24.1. The minimum Gasteiger partial charge on any atom is -0.496 e. The van der Waals surface area contributed by atoms with Crippen LogP contribution in [0.3, 0.4) is 0 Å². The van der Waals surface area contributed by atoms with Crippen molar-refractivity contribution < 1.29 is 24.2 Å². The maximum Gasteiger partial charge on any atom is 0.305 e. The van der Waals surface area contributed by atoms with Crippen molar-refractivity contribution >= 4 is 11.9 Å². The molecule has 2 unspecified atom stereocenters. The molecule has 8 nitrogen and oxygen atoms in total. The van der Waals surface area contributed by atoms with Gasteiger partial charge in [-0.1, -0.05) is 26.8 Å². The molecule has 0 radical (unpaired) electrons. The van der Waals surface area contributed by atoms with Gasteiger partial charge in [-0.25, -0.2) is 0 Å². The molecule has 1 aromatic carbocycles. The summed E-state index contributed by atoms with van der Waals surface area (Å²) in [5, 5.41) is 16.9. The van der Waals surface area contributed by atoms with Crippen molar-refractivity contribution in [3.8, 4) is 22.8 Å². The second-order valence-corrected chi connectivity index (χ2v) is 9.37. The number of carbonyl (C=O) groups is 2. The normalized spacial score (nSPS) is 18.8. The summed E-state index contributed by atoms with van der Waals surface area (Å²) in [4.78, 5) is 24.5. The van der Waals surface area contributed by atoms with Gasteiger partial charge in [0, 0.05) is 6.04 Å². The van der Waals surface area contributed by atoms with Crippen LogP contribution >= 0.6 is 0 Å². The summed E-state index contributed by atoms with van der Waals surface area (Å²) < 4.78 is 13.2. The number of carboxylic acids is 1. The van der Waals surface area contributed by atoms with Crippen molar-refractivity contribution in [3.05, 3.63) is 30.0 Å². The molecule has 33 heavy (non-hydrogen) atoms. The van der Waals surface area contributed by atoms with Crippen molar-refractivity contribution in [1.82, 2.24) is 15.1 Å². The Bertz CT molecular complexity index is 962. The summed E-state index contributed by atoms with van der Waals surface area (Å²) in [5.74, 6) is 0.789. The molecule has 3 rings (SSSR count). The van der Waals surface area contributed by atoms with Crippen LogP contribution in [0.1, 0.15) is 69.4 Å². The van der Waals surface area contributed by atoms with Crippen LogP contribution in [0.4, 0.5) is 0 Å². The van der Waals surface area contributed by atoms with E-state index in [4.69, 9.17) is 14.6 Å². The number of carbonyl (C=O) groups excluding carboxylic acids is 1. The second-order valence-electron chi connectivity index (χ2n) is 9.37. The van der Waals surface area contributed by atoms with Gasteiger partial charge in [0.05, 0.1) is 37.9 Å². The number of aromatic nitrogens is 2. The van der Waals surface area contributed by atoms with E-state index in [2.05, 4.69) is 12.2 Å². The first-order chi connectivity index (χ1) is 15.7. The number of carboxylic acid groups (broad SMARTS) is 1. The quantitative estimate of drug-likeness (QED) is 0.543. The van der Waals surface area contributed by atoms with E-state index in [0.717, 1.165) is 30.5 Å². The van der Waals surface area contributed by atoms with Gasteiger partial charge in [0.2, 0.25) is 0 Å². The van der Waals surface area contributed by atoms with Crippen LogP contribution in [0.2, 0.25) is 0 Å². The minimum atomic E-state index is -0.939. The summed E-state index contributed by atoms with van der Waals surface area (Å²) in [7, 11) is 3.21. The fourth-order valence-electron chi connectivity index (χ4n) is 4.71. The highest BCUT2D eigenvalue weighted by atomic mass is 16.5. The minimum absolute atomic E-state index is 0.127. The third kappa shape index (κ3) is 5.86. The molecule has 1 amide bonds. The Kier molecular flexibility index (Phi) is 8.00. The standard InChI is InChI=1S/C25H35N3O5/c1-15(2)11-17(13-23(29)30)26-25(31)19-14-20(28(27-19)18-10-9-16(3)12-18)24-21(32-4)7-6-8-22(24)33-5/h6-8,14-18H,9-13H2,1-5H3,(H,26,31)(H,29,30)/t16?,17-,18?/m0/s1. The summed E-state index contributed by atoms with van der Waals surface area (Å²) in [5.41, 5.74) is 1.77. The van der Waals surface area contributed by atoms with Crippen molar-refractivity contribution in [2.75, 3.05) is 14.2 Å². The first-order valence-corrected chi connectivity index (χ1v) is 11.6. The second kappa shape index (κ2) is 10.7. The number of benzene rings is 1. The van der Waals surface area contributed by atoms with Crippen LogP contribution in [0.25, 0.3) is 11.3 Å². The van der Waals surface area contributed by atoms with Crippen molar-refractivity contribution in [2.24, 2.45) is 11.8 Å². The highest BCUT2D eigenvalue weighted by Gasteiger charge is 2.30. The number of ether oxygens (including phenoxy) is 2. The molecule has 0 saturated heterocycles. The van der Waals surface area contributed by atoms with Crippen LogP contribution < -0.4 is 14.8 Å². The molecule has 8 heteroatoms. The van der Waals surface area contributed by atoms with Crippen molar-refractivity contribution in [1.29, 1.82) is 0 Å². The Morgan fingerprint density at radius 1 is 1.21 bits per heavy atom. The Balaban J connectivity index is 2.02. The third-order valence-electron chi connectivity index (χ3n) is 6.18. The van der Waals surface area contributed by atoms with Gasteiger partial charge in [-0.2, -0.15) is 5.10 Å². The van der Waals surface area contributed by atoms with Gasteiger partial charge in [-0.05, 0) is 55.7 Å². The predicted molar refractivity (Wildman–Crippen MR) is 126 cm³/mol. The molecular formula is C25H35N3O5. The van der Waals surface area contributed by atoms with Gasteiger partial charge in [0.15, 0.2) is 5.69 Å².